The molecule has 0 aliphatic carbocycles. The van der Waals surface area contributed by atoms with E-state index in [1.54, 1.807) is 13.1 Å². The first-order valence-electron chi connectivity index (χ1n) is 10.1. The number of aryl methyl sites for hydroxylation is 2. The van der Waals surface area contributed by atoms with Crippen LogP contribution in [-0.2, 0) is 13.2 Å². The Balaban J connectivity index is 1.43. The second kappa shape index (κ2) is 9.40. The molecule has 0 bridgehead atoms. The number of carbonyl (C=O) groups excluding carboxylic acids is 1. The fourth-order valence-electron chi connectivity index (χ4n) is 3.27. The number of halogens is 1. The van der Waals surface area contributed by atoms with E-state index in [-0.39, 0.29) is 18.2 Å². The first-order chi connectivity index (χ1) is 15.4. The molecule has 1 amide bonds. The third-order valence-corrected chi connectivity index (χ3v) is 5.69. The fourth-order valence-corrected chi connectivity index (χ4v) is 3.59. The van der Waals surface area contributed by atoms with Crippen LogP contribution in [0, 0.1) is 20.8 Å². The van der Waals surface area contributed by atoms with Crippen molar-refractivity contribution < 1.29 is 14.1 Å². The minimum Gasteiger partial charge on any atom is -0.488 e. The molecule has 0 spiro atoms. The summed E-state index contributed by atoms with van der Waals surface area (Å²) in [5, 5.41) is 11.1. The monoisotopic (exact) mass is 494 g/mol. The number of ether oxygens (including phenoxy) is 1. The Morgan fingerprint density at radius 2 is 1.94 bits per heavy atom. The number of nitrogens with one attached hydrogen (secondary N) is 1. The van der Waals surface area contributed by atoms with E-state index in [1.165, 1.54) is 0 Å². The lowest BCUT2D eigenvalue weighted by Crippen LogP contribution is -2.15. The number of hydrogen-bond acceptors (Lipinski definition) is 5. The van der Waals surface area contributed by atoms with E-state index in [0.29, 0.717) is 23.6 Å². The fraction of sp³-hybridized carbons (Fsp3) is 0.208. The molecule has 0 saturated heterocycles. The maximum atomic E-state index is 12.9. The first-order valence-corrected chi connectivity index (χ1v) is 10.9. The molecule has 0 radical (unpaired) electrons. The number of hydrogen-bond donors (Lipinski definition) is 1. The van der Waals surface area contributed by atoms with Crippen molar-refractivity contribution in [1.29, 1.82) is 0 Å². The van der Waals surface area contributed by atoms with Crippen molar-refractivity contribution >= 4 is 27.5 Å². The zero-order valence-corrected chi connectivity index (χ0v) is 19.6. The first kappa shape index (κ1) is 21.8. The van der Waals surface area contributed by atoms with E-state index in [1.807, 2.05) is 67.2 Å². The molecule has 4 aromatic rings. The molecule has 8 heteroatoms. The largest absolute Gasteiger partial charge is 0.488 e. The zero-order valence-electron chi connectivity index (χ0n) is 18.1. The van der Waals surface area contributed by atoms with Gasteiger partial charge in [-0.2, -0.15) is 5.10 Å². The highest BCUT2D eigenvalue weighted by molar-refractivity contribution is 9.10. The highest BCUT2D eigenvalue weighted by atomic mass is 79.9. The summed E-state index contributed by atoms with van der Waals surface area (Å²) in [7, 11) is 0. The van der Waals surface area contributed by atoms with Gasteiger partial charge in [-0.3, -0.25) is 9.48 Å². The lowest BCUT2D eigenvalue weighted by molar-refractivity contribution is 0.101. The van der Waals surface area contributed by atoms with Gasteiger partial charge in [-0.25, -0.2) is 0 Å². The van der Waals surface area contributed by atoms with Gasteiger partial charge in [-0.15, -0.1) is 0 Å². The van der Waals surface area contributed by atoms with Gasteiger partial charge < -0.3 is 14.6 Å². The van der Waals surface area contributed by atoms with Crippen LogP contribution in [0.15, 0.2) is 63.9 Å². The molecular formula is C24H23BrN4O3. The molecule has 0 fully saturated rings. The average molecular weight is 495 g/mol. The minimum absolute atomic E-state index is 0.195. The van der Waals surface area contributed by atoms with Gasteiger partial charge in [0.25, 0.3) is 5.91 Å². The molecule has 2 heterocycles. The summed E-state index contributed by atoms with van der Waals surface area (Å²) in [5.74, 6) is 0.989. The summed E-state index contributed by atoms with van der Waals surface area (Å²) < 4.78 is 14.0. The summed E-state index contributed by atoms with van der Waals surface area (Å²) in [6.45, 7) is 6.65. The number of benzene rings is 2. The van der Waals surface area contributed by atoms with Crippen LogP contribution in [-0.4, -0.2) is 20.8 Å². The maximum absolute atomic E-state index is 12.9. The van der Waals surface area contributed by atoms with E-state index >= 15 is 0 Å². The topological polar surface area (TPSA) is 82.2 Å². The molecule has 0 atom stereocenters. The molecular weight excluding hydrogens is 472 g/mol. The normalized spacial score (nSPS) is 10.9. The second-order valence-corrected chi connectivity index (χ2v) is 8.48. The van der Waals surface area contributed by atoms with Crippen LogP contribution < -0.4 is 10.1 Å². The predicted molar refractivity (Wildman–Crippen MR) is 125 cm³/mol. The number of nitrogens with zero attached hydrogens (tertiary/aromatic N) is 3. The van der Waals surface area contributed by atoms with Crippen molar-refractivity contribution in [3.8, 4) is 5.75 Å². The van der Waals surface area contributed by atoms with Crippen LogP contribution in [0.2, 0.25) is 0 Å². The van der Waals surface area contributed by atoms with Crippen LogP contribution in [0.25, 0.3) is 0 Å². The number of aromatic nitrogens is 3. The molecule has 2 aromatic carbocycles. The number of anilines is 1. The molecule has 32 heavy (non-hydrogen) atoms. The average Bonchev–Trinajstić information content (AvgIpc) is 3.35. The van der Waals surface area contributed by atoms with Gasteiger partial charge in [0.15, 0.2) is 5.69 Å². The van der Waals surface area contributed by atoms with Crippen molar-refractivity contribution in [2.45, 2.75) is 33.9 Å². The maximum Gasteiger partial charge on any atom is 0.278 e. The van der Waals surface area contributed by atoms with E-state index in [0.717, 1.165) is 26.9 Å². The molecule has 0 saturated carbocycles. The highest BCUT2D eigenvalue weighted by Gasteiger charge is 2.21. The van der Waals surface area contributed by atoms with E-state index in [4.69, 9.17) is 9.26 Å². The Labute approximate surface area is 194 Å². The summed E-state index contributed by atoms with van der Waals surface area (Å²) in [4.78, 5) is 12.9. The van der Waals surface area contributed by atoms with Crippen molar-refractivity contribution in [3.05, 3.63) is 93.0 Å². The van der Waals surface area contributed by atoms with Gasteiger partial charge in [0.2, 0.25) is 0 Å². The SMILES string of the molecule is Cc1cccc(OCc2c(C(=O)Nc3ccc(Cn4cc(Br)cn4)cc3)noc2C)c1C. The van der Waals surface area contributed by atoms with Gasteiger partial charge in [-0.05, 0) is 71.6 Å². The van der Waals surface area contributed by atoms with Gasteiger partial charge >= 0.3 is 0 Å². The van der Waals surface area contributed by atoms with Crippen LogP contribution in [0.5, 0.6) is 5.75 Å². The number of rotatable bonds is 7. The molecule has 7 nitrogen and oxygen atoms in total. The Morgan fingerprint density at radius 1 is 1.16 bits per heavy atom. The zero-order chi connectivity index (χ0) is 22.7. The lowest BCUT2D eigenvalue weighted by Gasteiger charge is -2.11. The lowest BCUT2D eigenvalue weighted by atomic mass is 10.1. The van der Waals surface area contributed by atoms with Crippen LogP contribution in [0.4, 0.5) is 5.69 Å². The molecule has 0 aliphatic rings. The Hall–Kier alpha value is -3.39. The van der Waals surface area contributed by atoms with Crippen LogP contribution >= 0.6 is 15.9 Å². The van der Waals surface area contributed by atoms with Gasteiger partial charge in [-0.1, -0.05) is 29.4 Å². The Morgan fingerprint density at radius 3 is 2.66 bits per heavy atom. The molecule has 0 unspecified atom stereocenters. The van der Waals surface area contributed by atoms with Crippen LogP contribution in [0.3, 0.4) is 0 Å². The minimum atomic E-state index is -0.342. The highest BCUT2D eigenvalue weighted by Crippen LogP contribution is 2.24. The predicted octanol–water partition coefficient (Wildman–Crippen LogP) is 5.44. The van der Waals surface area contributed by atoms with Crippen molar-refractivity contribution in [2.75, 3.05) is 5.32 Å². The molecule has 164 valence electrons. The number of carbonyl (C=O) groups is 1. The van der Waals surface area contributed by atoms with E-state index in [2.05, 4.69) is 31.5 Å². The summed E-state index contributed by atoms with van der Waals surface area (Å²) in [5.41, 5.74) is 4.80. The molecule has 4 rings (SSSR count). The third kappa shape index (κ3) is 4.91. The van der Waals surface area contributed by atoms with E-state index in [9.17, 15) is 4.79 Å². The Kier molecular flexibility index (Phi) is 6.41. The molecule has 1 N–H and O–H groups in total. The van der Waals surface area contributed by atoms with Crippen molar-refractivity contribution in [2.24, 2.45) is 0 Å². The molecule has 2 aromatic heterocycles. The Bertz CT molecular complexity index is 1240. The number of amides is 1. The van der Waals surface area contributed by atoms with Gasteiger partial charge in [0.05, 0.1) is 22.8 Å². The van der Waals surface area contributed by atoms with Gasteiger partial charge in [0, 0.05) is 11.9 Å². The standard InChI is InChI=1S/C24H23BrN4O3/c1-15-5-4-6-22(16(15)2)31-14-21-17(3)32-28-23(21)24(30)27-20-9-7-18(8-10-20)12-29-13-19(25)11-26-29/h4-11,13H,12,14H2,1-3H3,(H,27,30). The smallest absolute Gasteiger partial charge is 0.278 e. The third-order valence-electron chi connectivity index (χ3n) is 5.28. The summed E-state index contributed by atoms with van der Waals surface area (Å²) >= 11 is 3.39. The molecule has 0 aliphatic heterocycles. The summed E-state index contributed by atoms with van der Waals surface area (Å²) in [6, 6.07) is 13.5. The van der Waals surface area contributed by atoms with Crippen LogP contribution in [0.1, 0.15) is 38.5 Å². The van der Waals surface area contributed by atoms with Crippen molar-refractivity contribution in [1.82, 2.24) is 14.9 Å². The van der Waals surface area contributed by atoms with E-state index < -0.39 is 0 Å². The van der Waals surface area contributed by atoms with Gasteiger partial charge in [0.1, 0.15) is 18.1 Å². The summed E-state index contributed by atoms with van der Waals surface area (Å²) in [6.07, 6.45) is 3.65. The second-order valence-electron chi connectivity index (χ2n) is 7.56. The van der Waals surface area contributed by atoms with Crippen molar-refractivity contribution in [3.63, 3.8) is 0 Å². The quantitative estimate of drug-likeness (QED) is 0.369.